The molecule has 1 heterocycles. The SMILES string of the molecule is CS(=O)(=O)N(CCC(=O)NCCc1cccc(Cl)c1)Cc1cccnc1. The van der Waals surface area contributed by atoms with Crippen LogP contribution in [-0.2, 0) is 27.8 Å². The number of aromatic nitrogens is 1. The minimum absolute atomic E-state index is 0.100. The van der Waals surface area contributed by atoms with Crippen LogP contribution >= 0.6 is 11.6 Å². The summed E-state index contributed by atoms with van der Waals surface area (Å²) in [5.41, 5.74) is 1.81. The van der Waals surface area contributed by atoms with Crippen molar-refractivity contribution in [1.82, 2.24) is 14.6 Å². The van der Waals surface area contributed by atoms with E-state index in [9.17, 15) is 13.2 Å². The normalized spacial score (nSPS) is 11.5. The maximum absolute atomic E-state index is 12.0. The molecular formula is C18H22ClN3O3S. The van der Waals surface area contributed by atoms with Crippen LogP contribution in [0.2, 0.25) is 5.02 Å². The predicted molar refractivity (Wildman–Crippen MR) is 102 cm³/mol. The van der Waals surface area contributed by atoms with Crippen molar-refractivity contribution >= 4 is 27.5 Å². The Hall–Kier alpha value is -1.96. The van der Waals surface area contributed by atoms with E-state index in [4.69, 9.17) is 11.6 Å². The lowest BCUT2D eigenvalue weighted by molar-refractivity contribution is -0.121. The first kappa shape index (κ1) is 20.4. The van der Waals surface area contributed by atoms with Gasteiger partial charge < -0.3 is 5.32 Å². The Morgan fingerprint density at radius 3 is 2.65 bits per heavy atom. The topological polar surface area (TPSA) is 79.4 Å². The van der Waals surface area contributed by atoms with Gasteiger partial charge in [-0.2, -0.15) is 4.31 Å². The van der Waals surface area contributed by atoms with Gasteiger partial charge in [0.25, 0.3) is 0 Å². The zero-order chi connectivity index (χ0) is 19.0. The van der Waals surface area contributed by atoms with Crippen molar-refractivity contribution in [3.8, 4) is 0 Å². The van der Waals surface area contributed by atoms with Gasteiger partial charge in [0, 0.05) is 43.5 Å². The number of carbonyl (C=O) groups excluding carboxylic acids is 1. The van der Waals surface area contributed by atoms with Crippen molar-refractivity contribution in [3.63, 3.8) is 0 Å². The second-order valence-corrected chi connectivity index (χ2v) is 8.36. The maximum atomic E-state index is 12.0. The standard InChI is InChI=1S/C18H22ClN3O3S/c1-26(24,25)22(14-16-5-3-9-20-13-16)11-8-18(23)21-10-7-15-4-2-6-17(19)12-15/h2-6,9,12-13H,7-8,10-11,14H2,1H3,(H,21,23). The Balaban J connectivity index is 1.81. The summed E-state index contributed by atoms with van der Waals surface area (Å²) >= 11 is 5.93. The van der Waals surface area contributed by atoms with Gasteiger partial charge in [0.1, 0.15) is 0 Å². The molecule has 1 aromatic heterocycles. The molecular weight excluding hydrogens is 374 g/mol. The van der Waals surface area contributed by atoms with Crippen molar-refractivity contribution in [2.24, 2.45) is 0 Å². The number of benzene rings is 1. The van der Waals surface area contributed by atoms with Gasteiger partial charge in [-0.05, 0) is 35.7 Å². The number of nitrogens with zero attached hydrogens (tertiary/aromatic N) is 2. The molecule has 0 radical (unpaired) electrons. The lowest BCUT2D eigenvalue weighted by Gasteiger charge is -2.19. The molecule has 26 heavy (non-hydrogen) atoms. The second kappa shape index (κ2) is 9.66. The molecule has 0 aliphatic heterocycles. The zero-order valence-electron chi connectivity index (χ0n) is 14.6. The number of pyridine rings is 1. The molecule has 0 saturated carbocycles. The number of carbonyl (C=O) groups is 1. The minimum Gasteiger partial charge on any atom is -0.356 e. The van der Waals surface area contributed by atoms with Crippen molar-refractivity contribution < 1.29 is 13.2 Å². The fourth-order valence-electron chi connectivity index (χ4n) is 2.41. The first-order chi connectivity index (χ1) is 12.3. The van der Waals surface area contributed by atoms with E-state index in [1.54, 1.807) is 30.6 Å². The lowest BCUT2D eigenvalue weighted by Crippen LogP contribution is -2.34. The number of nitrogens with one attached hydrogen (secondary N) is 1. The Morgan fingerprint density at radius 2 is 2.00 bits per heavy atom. The highest BCUT2D eigenvalue weighted by atomic mass is 35.5. The number of sulfonamides is 1. The smallest absolute Gasteiger partial charge is 0.221 e. The van der Waals surface area contributed by atoms with Gasteiger partial charge in [-0.3, -0.25) is 9.78 Å². The summed E-state index contributed by atoms with van der Waals surface area (Å²) in [6.07, 6.45) is 5.14. The highest BCUT2D eigenvalue weighted by molar-refractivity contribution is 7.88. The van der Waals surface area contributed by atoms with E-state index < -0.39 is 10.0 Å². The first-order valence-electron chi connectivity index (χ1n) is 8.20. The molecule has 8 heteroatoms. The number of hydrogen-bond donors (Lipinski definition) is 1. The fraction of sp³-hybridized carbons (Fsp3) is 0.333. The van der Waals surface area contributed by atoms with Gasteiger partial charge in [0.05, 0.1) is 6.26 Å². The van der Waals surface area contributed by atoms with Gasteiger partial charge in [0.2, 0.25) is 15.9 Å². The molecule has 0 bridgehead atoms. The highest BCUT2D eigenvalue weighted by Crippen LogP contribution is 2.11. The van der Waals surface area contributed by atoms with Crippen LogP contribution in [0.5, 0.6) is 0 Å². The third kappa shape index (κ3) is 7.11. The fourth-order valence-corrected chi connectivity index (χ4v) is 3.43. The molecule has 0 aliphatic carbocycles. The summed E-state index contributed by atoms with van der Waals surface area (Å²) in [7, 11) is -3.42. The van der Waals surface area contributed by atoms with E-state index in [0.29, 0.717) is 18.0 Å². The van der Waals surface area contributed by atoms with Crippen LogP contribution in [0, 0.1) is 0 Å². The molecule has 1 aromatic carbocycles. The van der Waals surface area contributed by atoms with E-state index in [-0.39, 0.29) is 25.4 Å². The van der Waals surface area contributed by atoms with Crippen LogP contribution in [0.3, 0.4) is 0 Å². The van der Waals surface area contributed by atoms with Crippen LogP contribution in [0.4, 0.5) is 0 Å². The molecule has 0 atom stereocenters. The number of halogens is 1. The molecule has 0 unspecified atom stereocenters. The van der Waals surface area contributed by atoms with Gasteiger partial charge >= 0.3 is 0 Å². The monoisotopic (exact) mass is 395 g/mol. The molecule has 0 spiro atoms. The van der Waals surface area contributed by atoms with Crippen LogP contribution in [-0.4, -0.2) is 43.0 Å². The Bertz CT molecular complexity index is 829. The predicted octanol–water partition coefficient (Wildman–Crippen LogP) is 2.25. The van der Waals surface area contributed by atoms with E-state index in [0.717, 1.165) is 17.4 Å². The van der Waals surface area contributed by atoms with Crippen LogP contribution in [0.25, 0.3) is 0 Å². The van der Waals surface area contributed by atoms with Gasteiger partial charge in [-0.15, -0.1) is 0 Å². The summed E-state index contributed by atoms with van der Waals surface area (Å²) in [6.45, 7) is 0.792. The number of hydrogen-bond acceptors (Lipinski definition) is 4. The van der Waals surface area contributed by atoms with Crippen molar-refractivity contribution in [2.75, 3.05) is 19.3 Å². The Kier molecular flexibility index (Phi) is 7.56. The average molecular weight is 396 g/mol. The Morgan fingerprint density at radius 1 is 1.23 bits per heavy atom. The van der Waals surface area contributed by atoms with Crippen molar-refractivity contribution in [2.45, 2.75) is 19.4 Å². The van der Waals surface area contributed by atoms with Crippen LogP contribution < -0.4 is 5.32 Å². The highest BCUT2D eigenvalue weighted by Gasteiger charge is 2.18. The quantitative estimate of drug-likeness (QED) is 0.706. The van der Waals surface area contributed by atoms with E-state index in [1.807, 2.05) is 18.2 Å². The van der Waals surface area contributed by atoms with Crippen molar-refractivity contribution in [3.05, 3.63) is 64.9 Å². The molecule has 0 saturated heterocycles. The first-order valence-corrected chi connectivity index (χ1v) is 10.4. The number of amides is 1. The maximum Gasteiger partial charge on any atom is 0.221 e. The Labute approximate surface area is 159 Å². The number of rotatable bonds is 9. The van der Waals surface area contributed by atoms with E-state index in [2.05, 4.69) is 10.3 Å². The van der Waals surface area contributed by atoms with E-state index in [1.165, 1.54) is 4.31 Å². The molecule has 1 N–H and O–H groups in total. The largest absolute Gasteiger partial charge is 0.356 e. The molecule has 140 valence electrons. The average Bonchev–Trinajstić information content (AvgIpc) is 2.58. The minimum atomic E-state index is -3.42. The zero-order valence-corrected chi connectivity index (χ0v) is 16.1. The molecule has 0 aliphatic rings. The van der Waals surface area contributed by atoms with E-state index >= 15 is 0 Å². The van der Waals surface area contributed by atoms with Crippen LogP contribution in [0.1, 0.15) is 17.5 Å². The van der Waals surface area contributed by atoms with Crippen molar-refractivity contribution in [1.29, 1.82) is 0 Å². The molecule has 2 rings (SSSR count). The summed E-state index contributed by atoms with van der Waals surface area (Å²) in [4.78, 5) is 16.0. The molecule has 6 nitrogen and oxygen atoms in total. The third-order valence-corrected chi connectivity index (χ3v) is 5.25. The van der Waals surface area contributed by atoms with Gasteiger partial charge in [-0.1, -0.05) is 29.8 Å². The van der Waals surface area contributed by atoms with Gasteiger partial charge in [0.15, 0.2) is 0 Å². The summed E-state index contributed by atoms with van der Waals surface area (Å²) in [5.74, 6) is -0.188. The van der Waals surface area contributed by atoms with Gasteiger partial charge in [-0.25, -0.2) is 8.42 Å². The summed E-state index contributed by atoms with van der Waals surface area (Å²) in [5, 5.41) is 3.47. The second-order valence-electron chi connectivity index (χ2n) is 5.94. The molecule has 1 amide bonds. The molecule has 0 fully saturated rings. The third-order valence-electron chi connectivity index (χ3n) is 3.76. The van der Waals surface area contributed by atoms with Crippen LogP contribution in [0.15, 0.2) is 48.8 Å². The lowest BCUT2D eigenvalue weighted by atomic mass is 10.1. The summed E-state index contributed by atoms with van der Waals surface area (Å²) < 4.78 is 25.2. The summed E-state index contributed by atoms with van der Waals surface area (Å²) in [6, 6.07) is 11.0. The molecule has 2 aromatic rings.